The van der Waals surface area contributed by atoms with Gasteiger partial charge in [0.25, 0.3) is 5.91 Å². The number of carbonyl (C=O) groups excluding carboxylic acids is 6. The lowest BCUT2D eigenvalue weighted by molar-refractivity contribution is -0.137. The maximum absolute atomic E-state index is 12.9. The smallest absolute Gasteiger partial charge is 0.322 e. The van der Waals surface area contributed by atoms with Gasteiger partial charge in [0.1, 0.15) is 35.6 Å². The molecule has 5 aliphatic rings. The van der Waals surface area contributed by atoms with Gasteiger partial charge in [0.15, 0.2) is 22.6 Å². The van der Waals surface area contributed by atoms with Gasteiger partial charge >= 0.3 is 6.03 Å². The van der Waals surface area contributed by atoms with Crippen LogP contribution in [0.15, 0.2) is 244 Å². The van der Waals surface area contributed by atoms with Crippen LogP contribution >= 0.6 is 63.7 Å². The number of hydrogen-bond donors (Lipinski definition) is 8. The van der Waals surface area contributed by atoms with E-state index < -0.39 is 28.0 Å². The lowest BCUT2D eigenvalue weighted by Crippen LogP contribution is -2.58. The molecule has 0 spiro atoms. The number of amides is 7. The summed E-state index contributed by atoms with van der Waals surface area (Å²) in [5.41, 5.74) is 46.8. The molecule has 0 radical (unpaired) electrons. The number of urea groups is 1. The zero-order chi connectivity index (χ0) is 103. The number of rotatable bonds is 20. The van der Waals surface area contributed by atoms with E-state index in [1.54, 1.807) is 57.5 Å². The van der Waals surface area contributed by atoms with E-state index in [1.165, 1.54) is 6.33 Å². The van der Waals surface area contributed by atoms with Crippen molar-refractivity contribution in [3.63, 3.8) is 0 Å². The molecule has 7 amide bonds. The molecule has 39 nitrogen and oxygen atoms in total. The molecule has 5 saturated heterocycles. The summed E-state index contributed by atoms with van der Waals surface area (Å²) in [4.78, 5) is 126. The van der Waals surface area contributed by atoms with Gasteiger partial charge in [0.05, 0.1) is 107 Å². The van der Waals surface area contributed by atoms with Crippen molar-refractivity contribution in [3.05, 3.63) is 272 Å². The molecule has 5 fully saturated rings. The van der Waals surface area contributed by atoms with Gasteiger partial charge in [-0.15, -0.1) is 0 Å². The van der Waals surface area contributed by atoms with Crippen molar-refractivity contribution in [2.24, 2.45) is 5.14 Å². The minimum absolute atomic E-state index is 0.0568. The van der Waals surface area contributed by atoms with E-state index in [0.717, 1.165) is 160 Å². The lowest BCUT2D eigenvalue weighted by atomic mass is 9.92. The Balaban J connectivity index is 0.000000124. The molecule has 18 heterocycles. The quantitative estimate of drug-likeness (QED) is 0.0351. The number of likely N-dealkylation sites (N-methyl/N-ethyl adjacent to an activating group) is 1. The number of primary sulfonamides is 1. The van der Waals surface area contributed by atoms with E-state index >= 15 is 0 Å². The molecule has 0 aliphatic carbocycles. The van der Waals surface area contributed by atoms with Crippen molar-refractivity contribution < 1.29 is 37.2 Å². The first-order valence-electron chi connectivity index (χ1n) is 48.2. The highest BCUT2D eigenvalue weighted by Crippen LogP contribution is 2.44. The molecule has 44 heteroatoms. The van der Waals surface area contributed by atoms with Crippen LogP contribution in [-0.4, -0.2) is 247 Å². The predicted molar refractivity (Wildman–Crippen MR) is 576 cm³/mol. The third-order valence-corrected chi connectivity index (χ3v) is 31.2. The number of sulfonamides is 1. The van der Waals surface area contributed by atoms with E-state index in [0.29, 0.717) is 127 Å². The Kier molecular flexibility index (Phi) is 30.7. The van der Waals surface area contributed by atoms with Gasteiger partial charge in [-0.05, 0) is 160 Å². The molecule has 5 aliphatic heterocycles. The summed E-state index contributed by atoms with van der Waals surface area (Å²) in [5, 5.41) is 34.1. The van der Waals surface area contributed by atoms with Crippen molar-refractivity contribution >= 4 is 155 Å². The van der Waals surface area contributed by atoms with E-state index in [2.05, 4.69) is 130 Å². The number of pyridine rings is 4. The van der Waals surface area contributed by atoms with E-state index in [-0.39, 0.29) is 78.1 Å². The van der Waals surface area contributed by atoms with Gasteiger partial charge in [-0.3, -0.25) is 54.3 Å². The topological polar surface area (TPSA) is 521 Å². The van der Waals surface area contributed by atoms with Gasteiger partial charge in [-0.25, -0.2) is 43.3 Å². The van der Waals surface area contributed by atoms with Gasteiger partial charge in [0, 0.05) is 174 Å². The highest BCUT2D eigenvalue weighted by atomic mass is 79.9. The summed E-state index contributed by atoms with van der Waals surface area (Å²) in [5.74, 6) is 1.78. The van der Waals surface area contributed by atoms with Crippen LogP contribution in [0.4, 0.5) is 28.1 Å². The van der Waals surface area contributed by atoms with Gasteiger partial charge < -0.3 is 52.8 Å². The largest absolute Gasteiger partial charge is 0.383 e. The molecule has 13 aromatic heterocycles. The Bertz CT molecular complexity index is 7850. The molecule has 0 bridgehead atoms. The molecule has 22 rings (SSSR count). The number of nitrogen functional groups attached to an aromatic ring is 4. The third kappa shape index (κ3) is 22.3. The fourth-order valence-electron chi connectivity index (χ4n) is 19.2. The third-order valence-electron chi connectivity index (χ3n) is 27.1. The Labute approximate surface area is 883 Å². The zero-order valence-electron chi connectivity index (χ0n) is 80.5. The summed E-state index contributed by atoms with van der Waals surface area (Å²) < 4.78 is 31.7. The fraction of sp³-hybridized carbons (Fsp3) is 0.269. The number of H-pyrrole nitrogens is 1. The maximum Gasteiger partial charge on any atom is 0.322 e. The number of fused-ring (bicyclic) bond motifs is 4. The van der Waals surface area contributed by atoms with Crippen molar-refractivity contribution in [1.29, 1.82) is 0 Å². The number of carbonyl (C=O) groups is 6. The normalized spacial score (nSPS) is 15.6. The second-order valence-corrected chi connectivity index (χ2v) is 41.9. The van der Waals surface area contributed by atoms with Gasteiger partial charge in [-0.2, -0.15) is 43.6 Å². The highest BCUT2D eigenvalue weighted by molar-refractivity contribution is 9.11. The van der Waals surface area contributed by atoms with Crippen molar-refractivity contribution in [2.75, 3.05) is 102 Å². The van der Waals surface area contributed by atoms with Crippen molar-refractivity contribution in [3.8, 4) is 89.5 Å². The minimum atomic E-state index is -3.56. The number of halogens is 4. The van der Waals surface area contributed by atoms with Crippen LogP contribution in [0.2, 0.25) is 0 Å². The summed E-state index contributed by atoms with van der Waals surface area (Å²) in [6, 6.07) is 54.7. The van der Waals surface area contributed by atoms with E-state index in [4.69, 9.17) is 48.0 Å². The first-order chi connectivity index (χ1) is 71.6. The van der Waals surface area contributed by atoms with E-state index in [9.17, 15) is 37.2 Å². The van der Waals surface area contributed by atoms with Crippen molar-refractivity contribution in [1.82, 2.24) is 129 Å². The molecule has 756 valence electrons. The molecule has 148 heavy (non-hydrogen) atoms. The van der Waals surface area contributed by atoms with Gasteiger partial charge in [0.2, 0.25) is 39.5 Å². The predicted octanol–water partition coefficient (Wildman–Crippen LogP) is 14.7. The number of nitrogens with zero attached hydrogens (tertiary/aromatic N) is 23. The molecule has 17 aromatic rings. The van der Waals surface area contributed by atoms with Crippen LogP contribution in [-0.2, 0) is 29.2 Å². The first-order valence-corrected chi connectivity index (χ1v) is 53.1. The molecule has 1 atom stereocenters. The van der Waals surface area contributed by atoms with Crippen LogP contribution < -0.4 is 38.7 Å². The Hall–Kier alpha value is -15.1. The number of piperidine rings is 4. The Morgan fingerprint density at radius 2 is 0.709 bits per heavy atom. The average Bonchev–Trinajstić information content (AvgIpc) is 1.60. The maximum atomic E-state index is 12.9. The standard InChI is InChI=1S/C27H25BrN8O3.C26H28BrN7O3S.C26H28BrN7O.C25H22BrN9O/c28-22-23(16-8-10-35(11-9-16)26(38)20-12-21(37)33-27(39)32-20)34-25-18(14-31-36(25)24(22)29)17-6-7-19(30-13-17)15-4-2-1-3-5-15;27-23-24(18-10-12-33(13-11-18)22(35)7-4-14-38(29,36)37)32-26-20(16-31-34(26)25(23)28)19-8-9-21(30-15-19)17-5-2-1-3-6-17;1-32(2)16-22(35)33-12-10-18(11-13-33)24-23(27)25(28)34-26(31-24)20(15-30-34)19-8-9-21(29-14-19)17-6-4-3-5-7-17;26-20-21(16-8-10-34(11-9-16)25(36)23-29-14-30-33-23)32-24-18(13-31-35(24)22(20)27)17-6-7-19(28-12-17)15-4-2-1-3-5-15/h1-7,13-14,16,20H,8-12,29H2,(H2,32,33,37,39);1-3,5-6,8-9,15-16,18H,4,7,10-14,28H2,(H2,29,36,37);3-9,14-15,18H,10-13,16,28H2,1-2H3;1-7,12-14,16H,8-11,27H2,(H,29,30,33)/t20-;;;/m1.../s1. The second kappa shape index (κ2) is 44.7. The monoisotopic (exact) mass is 2260 g/mol. The molecular formula is C104H103Br4N31O8S. The fourth-order valence-corrected chi connectivity index (χ4v) is 22.1. The number of nitrogens with two attached hydrogens (primary N) is 5. The van der Waals surface area contributed by atoms with Crippen molar-refractivity contribution in [2.45, 2.75) is 100 Å². The number of anilines is 4. The van der Waals surface area contributed by atoms with E-state index in [1.807, 2.05) is 219 Å². The number of nitrogens with one attached hydrogen (secondary N) is 3. The number of likely N-dealkylation sites (tertiary alicyclic amines) is 4. The summed E-state index contributed by atoms with van der Waals surface area (Å²) in [6.07, 6.45) is 22.0. The highest BCUT2D eigenvalue weighted by Gasteiger charge is 2.38. The molecular weight excluding hydrogens is 2160 g/mol. The number of hydrogen-bond acceptors (Lipinski definition) is 27. The van der Waals surface area contributed by atoms with Crippen LogP contribution in [0.25, 0.3) is 112 Å². The second-order valence-electron chi connectivity index (χ2n) is 36.9. The first kappa shape index (κ1) is 102. The van der Waals surface area contributed by atoms with Crippen LogP contribution in [0.1, 0.15) is 128 Å². The number of imide groups is 1. The van der Waals surface area contributed by atoms with Crippen LogP contribution in [0, 0.1) is 0 Å². The number of aromatic nitrogens is 19. The summed E-state index contributed by atoms with van der Waals surface area (Å²) >= 11 is 14.6. The van der Waals surface area contributed by atoms with Crippen LogP contribution in [0.3, 0.4) is 0 Å². The molecule has 0 saturated carbocycles. The lowest BCUT2D eigenvalue weighted by Gasteiger charge is -2.35. The zero-order valence-corrected chi connectivity index (χ0v) is 87.6. The Morgan fingerprint density at radius 3 is 0.993 bits per heavy atom. The molecule has 4 aromatic carbocycles. The molecule has 0 unspecified atom stereocenters. The number of benzene rings is 4. The Morgan fingerprint density at radius 1 is 0.399 bits per heavy atom. The SMILES string of the molecule is CN(C)CC(=O)N1CCC(c2nc3c(-c4ccc(-c5ccccc5)nc4)cnn3c(N)c2Br)CC1.Nc1c(Br)c(C2CCN(C(=O)CCCS(N)(=O)=O)CC2)nc2c(-c3ccc(-c4ccccc4)nc3)cnn12.Nc1c(Br)c(C2CCN(C(=O)[C@H]3CC(=O)NC(=O)N3)CC2)nc2c(-c3ccc(-c4ccccc4)nc3)cnn12.Nc1c(Br)c(C2CCN(C(=O)c3ncn[nH]3)CC2)nc2c(-c3ccc(-c4ccccc4)nc3)cnn12. The van der Waals surface area contributed by atoms with Gasteiger partial charge in [-0.1, -0.05) is 146 Å². The number of aromatic amines is 1. The molecule has 13 N–H and O–H groups in total. The summed E-state index contributed by atoms with van der Waals surface area (Å²) in [6.45, 7) is 5.15. The minimum Gasteiger partial charge on any atom is -0.383 e. The van der Waals surface area contributed by atoms with Crippen LogP contribution in [0.5, 0.6) is 0 Å². The summed E-state index contributed by atoms with van der Waals surface area (Å²) in [7, 11) is 0.265. The average molecular weight is 2270 g/mol.